The Morgan fingerprint density at radius 1 is 1.14 bits per heavy atom. The zero-order valence-corrected chi connectivity index (χ0v) is 16.7. The Morgan fingerprint density at radius 3 is 2.76 bits per heavy atom. The van der Waals surface area contributed by atoms with E-state index in [0.717, 1.165) is 34.7 Å². The number of nitrogens with one attached hydrogen (secondary N) is 2. The van der Waals surface area contributed by atoms with Crippen LogP contribution in [-0.4, -0.2) is 35.2 Å². The predicted octanol–water partition coefficient (Wildman–Crippen LogP) is 2.43. The van der Waals surface area contributed by atoms with E-state index in [1.807, 2.05) is 42.5 Å². The minimum absolute atomic E-state index is 0.146. The fourth-order valence-electron chi connectivity index (χ4n) is 3.89. The van der Waals surface area contributed by atoms with Crippen LogP contribution in [0.4, 0.5) is 0 Å². The van der Waals surface area contributed by atoms with Gasteiger partial charge in [-0.2, -0.15) is 0 Å². The van der Waals surface area contributed by atoms with Gasteiger partial charge in [-0.1, -0.05) is 41.9 Å². The summed E-state index contributed by atoms with van der Waals surface area (Å²) in [6, 6.07) is 13.0. The van der Waals surface area contributed by atoms with Gasteiger partial charge in [0.15, 0.2) is 0 Å². The number of amides is 3. The molecule has 1 atom stereocenters. The summed E-state index contributed by atoms with van der Waals surface area (Å²) < 4.78 is 0. The molecule has 1 unspecified atom stereocenters. The number of imide groups is 1. The van der Waals surface area contributed by atoms with Crippen LogP contribution in [0.2, 0.25) is 5.02 Å². The second-order valence-corrected chi connectivity index (χ2v) is 7.82. The molecular weight excluding hydrogens is 390 g/mol. The van der Waals surface area contributed by atoms with E-state index in [-0.39, 0.29) is 24.1 Å². The normalized spacial score (nSPS) is 18.7. The molecule has 1 saturated heterocycles. The Morgan fingerprint density at radius 2 is 1.97 bits per heavy atom. The van der Waals surface area contributed by atoms with Crippen LogP contribution < -0.4 is 10.6 Å². The monoisotopic (exact) mass is 411 g/mol. The van der Waals surface area contributed by atoms with Crippen LogP contribution in [0.5, 0.6) is 0 Å². The summed E-state index contributed by atoms with van der Waals surface area (Å²) in [6.45, 7) is 1.88. The van der Waals surface area contributed by atoms with Crippen LogP contribution >= 0.6 is 11.6 Å². The van der Waals surface area contributed by atoms with Crippen molar-refractivity contribution in [2.24, 2.45) is 0 Å². The fourth-order valence-corrected chi connectivity index (χ4v) is 4.12. The Balaban J connectivity index is 1.35. The number of hydrogen-bond donors (Lipinski definition) is 2. The summed E-state index contributed by atoms with van der Waals surface area (Å²) in [4.78, 5) is 37.8. The maximum atomic E-state index is 12.7. The molecule has 2 aliphatic rings. The first kappa shape index (κ1) is 19.6. The number of halogens is 1. The molecule has 0 aromatic heterocycles. The van der Waals surface area contributed by atoms with Crippen molar-refractivity contribution in [3.8, 4) is 0 Å². The van der Waals surface area contributed by atoms with Crippen molar-refractivity contribution in [1.82, 2.24) is 15.5 Å². The summed E-state index contributed by atoms with van der Waals surface area (Å²) in [5, 5.41) is 6.51. The van der Waals surface area contributed by atoms with E-state index in [0.29, 0.717) is 25.1 Å². The summed E-state index contributed by atoms with van der Waals surface area (Å²) in [5.74, 6) is -0.808. The molecular formula is C22H22ClN3O3. The molecule has 0 saturated carbocycles. The molecule has 2 aromatic rings. The Kier molecular flexibility index (Phi) is 5.65. The largest absolute Gasteiger partial charge is 0.322 e. The molecule has 0 aliphatic carbocycles. The molecule has 29 heavy (non-hydrogen) atoms. The van der Waals surface area contributed by atoms with Gasteiger partial charge in [0.1, 0.15) is 6.04 Å². The lowest BCUT2D eigenvalue weighted by Gasteiger charge is -2.29. The molecule has 0 radical (unpaired) electrons. The minimum Gasteiger partial charge on any atom is -0.322 e. The highest BCUT2D eigenvalue weighted by Crippen LogP contribution is 2.28. The molecule has 2 aromatic carbocycles. The van der Waals surface area contributed by atoms with Crippen LogP contribution in [0.25, 0.3) is 0 Å². The zero-order valence-electron chi connectivity index (χ0n) is 15.9. The van der Waals surface area contributed by atoms with Gasteiger partial charge in [-0.3, -0.25) is 19.7 Å². The van der Waals surface area contributed by atoms with E-state index in [2.05, 4.69) is 10.6 Å². The van der Waals surface area contributed by atoms with E-state index in [9.17, 15) is 14.4 Å². The lowest BCUT2D eigenvalue weighted by molar-refractivity contribution is -0.136. The van der Waals surface area contributed by atoms with E-state index < -0.39 is 6.04 Å². The fraction of sp³-hybridized carbons (Fsp3) is 0.318. The van der Waals surface area contributed by atoms with Gasteiger partial charge in [0.25, 0.3) is 5.91 Å². The Hall–Kier alpha value is -2.70. The maximum absolute atomic E-state index is 12.7. The van der Waals surface area contributed by atoms with Crippen molar-refractivity contribution in [3.63, 3.8) is 0 Å². The number of fused-ring (bicyclic) bond motifs is 1. The zero-order chi connectivity index (χ0) is 20.4. The van der Waals surface area contributed by atoms with Crippen molar-refractivity contribution < 1.29 is 14.4 Å². The third-order valence-corrected chi connectivity index (χ3v) is 5.81. The first-order valence-corrected chi connectivity index (χ1v) is 10.1. The molecule has 2 aliphatic heterocycles. The lowest BCUT2D eigenvalue weighted by atomic mass is 10.0. The van der Waals surface area contributed by atoms with Crippen LogP contribution in [0.1, 0.15) is 39.9 Å². The standard InChI is InChI=1S/C22H22ClN3O3/c23-18-4-2-1-3-15(18)9-10-24-12-14-5-6-17-16(11-14)13-26(22(17)29)19-7-8-20(27)25-21(19)28/h1-6,11,19,24H,7-10,12-13H2,(H,25,27,28). The molecule has 3 amide bonds. The van der Waals surface area contributed by atoms with E-state index in [4.69, 9.17) is 11.6 Å². The summed E-state index contributed by atoms with van der Waals surface area (Å²) in [7, 11) is 0. The van der Waals surface area contributed by atoms with Crippen LogP contribution in [-0.2, 0) is 29.1 Å². The molecule has 2 heterocycles. The van der Waals surface area contributed by atoms with Gasteiger partial charge >= 0.3 is 0 Å². The second kappa shape index (κ2) is 8.35. The van der Waals surface area contributed by atoms with E-state index in [1.54, 1.807) is 4.90 Å². The van der Waals surface area contributed by atoms with E-state index >= 15 is 0 Å². The van der Waals surface area contributed by atoms with Crippen LogP contribution in [0, 0.1) is 0 Å². The number of carbonyl (C=O) groups excluding carboxylic acids is 3. The average molecular weight is 412 g/mol. The summed E-state index contributed by atoms with van der Waals surface area (Å²) in [5.41, 5.74) is 3.75. The molecule has 6 nitrogen and oxygen atoms in total. The topological polar surface area (TPSA) is 78.5 Å². The number of benzene rings is 2. The second-order valence-electron chi connectivity index (χ2n) is 7.41. The molecule has 0 spiro atoms. The highest BCUT2D eigenvalue weighted by molar-refractivity contribution is 6.31. The maximum Gasteiger partial charge on any atom is 0.255 e. The highest BCUT2D eigenvalue weighted by atomic mass is 35.5. The summed E-state index contributed by atoms with van der Waals surface area (Å²) >= 11 is 6.18. The highest BCUT2D eigenvalue weighted by Gasteiger charge is 2.38. The van der Waals surface area contributed by atoms with Gasteiger partial charge in [-0.25, -0.2) is 0 Å². The smallest absolute Gasteiger partial charge is 0.255 e. The van der Waals surface area contributed by atoms with Crippen molar-refractivity contribution in [2.45, 2.75) is 38.4 Å². The third-order valence-electron chi connectivity index (χ3n) is 5.45. The number of rotatable bonds is 6. The number of hydrogen-bond acceptors (Lipinski definition) is 4. The van der Waals surface area contributed by atoms with Gasteiger partial charge in [-0.15, -0.1) is 0 Å². The Labute approximate surface area is 174 Å². The molecule has 0 bridgehead atoms. The van der Waals surface area contributed by atoms with Crippen LogP contribution in [0.15, 0.2) is 42.5 Å². The van der Waals surface area contributed by atoms with Crippen molar-refractivity contribution >= 4 is 29.3 Å². The number of carbonyl (C=O) groups is 3. The minimum atomic E-state index is -0.579. The quantitative estimate of drug-likeness (QED) is 0.565. The van der Waals surface area contributed by atoms with Crippen LogP contribution in [0.3, 0.4) is 0 Å². The lowest BCUT2D eigenvalue weighted by Crippen LogP contribution is -2.52. The SMILES string of the molecule is O=C1CCC(N2Cc3cc(CNCCc4ccccc4Cl)ccc3C2=O)C(=O)N1. The molecule has 7 heteroatoms. The average Bonchev–Trinajstić information content (AvgIpc) is 3.02. The predicted molar refractivity (Wildman–Crippen MR) is 109 cm³/mol. The molecule has 1 fully saturated rings. The Bertz CT molecular complexity index is 976. The molecule has 2 N–H and O–H groups in total. The van der Waals surface area contributed by atoms with Crippen molar-refractivity contribution in [1.29, 1.82) is 0 Å². The molecule has 150 valence electrons. The van der Waals surface area contributed by atoms with Gasteiger partial charge in [0.2, 0.25) is 11.8 Å². The van der Waals surface area contributed by atoms with E-state index in [1.165, 1.54) is 0 Å². The first-order valence-electron chi connectivity index (χ1n) is 9.73. The molecule has 4 rings (SSSR count). The van der Waals surface area contributed by atoms with Gasteiger partial charge in [0, 0.05) is 30.1 Å². The first-order chi connectivity index (χ1) is 14.0. The third kappa shape index (κ3) is 4.18. The number of piperidine rings is 1. The number of nitrogens with zero attached hydrogens (tertiary/aromatic N) is 1. The summed E-state index contributed by atoms with van der Waals surface area (Å²) in [6.07, 6.45) is 1.48. The van der Waals surface area contributed by atoms with Gasteiger partial charge < -0.3 is 10.2 Å². The van der Waals surface area contributed by atoms with Crippen molar-refractivity contribution in [2.75, 3.05) is 6.54 Å². The van der Waals surface area contributed by atoms with Gasteiger partial charge in [0.05, 0.1) is 0 Å². The van der Waals surface area contributed by atoms with Crippen molar-refractivity contribution in [3.05, 3.63) is 69.7 Å². The van der Waals surface area contributed by atoms with Gasteiger partial charge in [-0.05, 0) is 48.2 Å².